The van der Waals surface area contributed by atoms with Gasteiger partial charge in [-0.1, -0.05) is 18.0 Å². The molecule has 1 aromatic rings. The SMILES string of the molecule is CCOc1cc(Cl)ccc1NC(=O)C1CC2CCCC(C1)C2N. The number of rotatable bonds is 4. The lowest BCUT2D eigenvalue weighted by atomic mass is 9.65. The van der Waals surface area contributed by atoms with E-state index in [9.17, 15) is 4.79 Å². The smallest absolute Gasteiger partial charge is 0.227 e. The lowest BCUT2D eigenvalue weighted by Gasteiger charge is -2.43. The highest BCUT2D eigenvalue weighted by molar-refractivity contribution is 6.30. The number of fused-ring (bicyclic) bond motifs is 2. The fourth-order valence-corrected chi connectivity index (χ4v) is 4.27. The zero-order chi connectivity index (χ0) is 16.4. The first kappa shape index (κ1) is 16.6. The van der Waals surface area contributed by atoms with Crippen LogP contribution < -0.4 is 15.8 Å². The summed E-state index contributed by atoms with van der Waals surface area (Å²) in [7, 11) is 0. The van der Waals surface area contributed by atoms with Crippen LogP contribution in [0.5, 0.6) is 5.75 Å². The Morgan fingerprint density at radius 1 is 1.35 bits per heavy atom. The number of hydrogen-bond donors (Lipinski definition) is 2. The van der Waals surface area contributed by atoms with Gasteiger partial charge in [0.15, 0.2) is 0 Å². The number of amides is 1. The number of halogens is 1. The fraction of sp³-hybridized carbons (Fsp3) is 0.611. The lowest BCUT2D eigenvalue weighted by Crippen LogP contribution is -2.48. The fourth-order valence-electron chi connectivity index (χ4n) is 4.11. The van der Waals surface area contributed by atoms with Crippen LogP contribution >= 0.6 is 11.6 Å². The number of anilines is 1. The molecule has 2 aliphatic rings. The Kier molecular flexibility index (Phi) is 5.12. The van der Waals surface area contributed by atoms with Gasteiger partial charge in [0.25, 0.3) is 0 Å². The normalized spacial score (nSPS) is 29.9. The molecule has 23 heavy (non-hydrogen) atoms. The monoisotopic (exact) mass is 336 g/mol. The summed E-state index contributed by atoms with van der Waals surface area (Å²) in [6.07, 6.45) is 5.38. The van der Waals surface area contributed by atoms with Crippen molar-refractivity contribution < 1.29 is 9.53 Å². The summed E-state index contributed by atoms with van der Waals surface area (Å²) in [5, 5.41) is 3.63. The van der Waals surface area contributed by atoms with E-state index in [4.69, 9.17) is 22.1 Å². The molecular formula is C18H25ClN2O2. The van der Waals surface area contributed by atoms with Crippen LogP contribution in [-0.4, -0.2) is 18.6 Å². The van der Waals surface area contributed by atoms with E-state index in [1.807, 2.05) is 6.92 Å². The van der Waals surface area contributed by atoms with Crippen molar-refractivity contribution in [3.63, 3.8) is 0 Å². The van der Waals surface area contributed by atoms with Gasteiger partial charge in [-0.3, -0.25) is 4.79 Å². The molecule has 2 aliphatic carbocycles. The minimum absolute atomic E-state index is 0.0512. The van der Waals surface area contributed by atoms with Crippen LogP contribution in [-0.2, 0) is 4.79 Å². The maximum atomic E-state index is 12.7. The molecule has 5 heteroatoms. The van der Waals surface area contributed by atoms with Gasteiger partial charge in [0, 0.05) is 23.0 Å². The van der Waals surface area contributed by atoms with E-state index >= 15 is 0 Å². The van der Waals surface area contributed by atoms with E-state index in [0.717, 1.165) is 25.7 Å². The van der Waals surface area contributed by atoms with Crippen molar-refractivity contribution in [3.05, 3.63) is 23.2 Å². The lowest BCUT2D eigenvalue weighted by molar-refractivity contribution is -0.122. The van der Waals surface area contributed by atoms with E-state index in [1.165, 1.54) is 6.42 Å². The third kappa shape index (κ3) is 3.64. The molecule has 3 N–H and O–H groups in total. The average molecular weight is 337 g/mol. The Morgan fingerprint density at radius 3 is 2.70 bits per heavy atom. The molecule has 0 radical (unpaired) electrons. The van der Waals surface area contributed by atoms with Crippen LogP contribution in [0.1, 0.15) is 39.0 Å². The third-order valence-electron chi connectivity index (χ3n) is 5.29. The van der Waals surface area contributed by atoms with Crippen LogP contribution in [0.25, 0.3) is 0 Å². The Bertz CT molecular complexity index is 564. The molecule has 4 nitrogen and oxygen atoms in total. The van der Waals surface area contributed by atoms with Crippen LogP contribution in [0.3, 0.4) is 0 Å². The van der Waals surface area contributed by atoms with Gasteiger partial charge < -0.3 is 15.8 Å². The Hall–Kier alpha value is -1.26. The quantitative estimate of drug-likeness (QED) is 0.878. The first-order valence-electron chi connectivity index (χ1n) is 8.57. The maximum absolute atomic E-state index is 12.7. The first-order chi connectivity index (χ1) is 11.1. The highest BCUT2D eigenvalue weighted by atomic mass is 35.5. The van der Waals surface area contributed by atoms with Gasteiger partial charge in [-0.2, -0.15) is 0 Å². The van der Waals surface area contributed by atoms with E-state index in [-0.39, 0.29) is 17.9 Å². The molecule has 1 aromatic carbocycles. The summed E-state index contributed by atoms with van der Waals surface area (Å²) in [6.45, 7) is 2.45. The van der Waals surface area contributed by atoms with Gasteiger partial charge in [-0.15, -0.1) is 0 Å². The second-order valence-corrected chi connectivity index (χ2v) is 7.20. The van der Waals surface area contributed by atoms with Gasteiger partial charge >= 0.3 is 0 Å². The van der Waals surface area contributed by atoms with Crippen molar-refractivity contribution in [1.82, 2.24) is 0 Å². The van der Waals surface area contributed by atoms with Crippen molar-refractivity contribution in [3.8, 4) is 5.75 Å². The minimum Gasteiger partial charge on any atom is -0.492 e. The molecule has 2 saturated carbocycles. The molecule has 2 fully saturated rings. The van der Waals surface area contributed by atoms with Crippen LogP contribution in [0, 0.1) is 17.8 Å². The van der Waals surface area contributed by atoms with Crippen molar-refractivity contribution in [2.24, 2.45) is 23.5 Å². The summed E-state index contributed by atoms with van der Waals surface area (Å²) in [5.74, 6) is 1.75. The van der Waals surface area contributed by atoms with Gasteiger partial charge in [0.05, 0.1) is 12.3 Å². The number of benzene rings is 1. The number of hydrogen-bond acceptors (Lipinski definition) is 3. The average Bonchev–Trinajstić information content (AvgIpc) is 2.50. The molecule has 0 aromatic heterocycles. The summed E-state index contributed by atoms with van der Waals surface area (Å²) in [6, 6.07) is 5.60. The second-order valence-electron chi connectivity index (χ2n) is 6.76. The molecule has 0 aliphatic heterocycles. The zero-order valence-electron chi connectivity index (χ0n) is 13.6. The van der Waals surface area contributed by atoms with Crippen molar-refractivity contribution in [1.29, 1.82) is 0 Å². The first-order valence-corrected chi connectivity index (χ1v) is 8.95. The summed E-state index contributed by atoms with van der Waals surface area (Å²) >= 11 is 6.01. The molecule has 2 bridgehead atoms. The highest BCUT2D eigenvalue weighted by Crippen LogP contribution is 2.42. The maximum Gasteiger partial charge on any atom is 0.227 e. The van der Waals surface area contributed by atoms with E-state index < -0.39 is 0 Å². The van der Waals surface area contributed by atoms with Gasteiger partial charge in [-0.25, -0.2) is 0 Å². The van der Waals surface area contributed by atoms with E-state index in [1.54, 1.807) is 18.2 Å². The molecule has 1 amide bonds. The Labute approximate surface area is 142 Å². The largest absolute Gasteiger partial charge is 0.492 e. The predicted octanol–water partition coefficient (Wildman–Crippen LogP) is 3.83. The molecule has 2 unspecified atom stereocenters. The molecule has 0 spiro atoms. The van der Waals surface area contributed by atoms with Gasteiger partial charge in [0.2, 0.25) is 5.91 Å². The van der Waals surface area contributed by atoms with Gasteiger partial charge in [0.1, 0.15) is 5.75 Å². The van der Waals surface area contributed by atoms with Gasteiger partial charge in [-0.05, 0) is 56.6 Å². The van der Waals surface area contributed by atoms with Crippen molar-refractivity contribution >= 4 is 23.2 Å². The molecule has 126 valence electrons. The molecular weight excluding hydrogens is 312 g/mol. The number of nitrogens with one attached hydrogen (secondary N) is 1. The topological polar surface area (TPSA) is 64.3 Å². The van der Waals surface area contributed by atoms with Crippen LogP contribution in [0.4, 0.5) is 5.69 Å². The van der Waals surface area contributed by atoms with Crippen LogP contribution in [0.2, 0.25) is 5.02 Å². The minimum atomic E-state index is 0.0512. The molecule has 3 rings (SSSR count). The molecule has 0 heterocycles. The molecule has 2 atom stereocenters. The number of carbonyl (C=O) groups is 1. The summed E-state index contributed by atoms with van der Waals surface area (Å²) in [5.41, 5.74) is 7.01. The Morgan fingerprint density at radius 2 is 2.04 bits per heavy atom. The van der Waals surface area contributed by atoms with Crippen molar-refractivity contribution in [2.45, 2.75) is 45.1 Å². The predicted molar refractivity (Wildman–Crippen MR) is 92.8 cm³/mol. The van der Waals surface area contributed by atoms with E-state index in [0.29, 0.717) is 34.9 Å². The highest BCUT2D eigenvalue weighted by Gasteiger charge is 2.40. The standard InChI is InChI=1S/C18H25ClN2O2/c1-2-23-16-10-14(19)6-7-15(16)21-18(22)13-8-11-4-3-5-12(9-13)17(11)20/h6-7,10-13,17H,2-5,8-9,20H2,1H3,(H,21,22). The number of carbonyl (C=O) groups excluding carboxylic acids is 1. The molecule has 0 saturated heterocycles. The number of ether oxygens (including phenoxy) is 1. The van der Waals surface area contributed by atoms with Crippen molar-refractivity contribution in [2.75, 3.05) is 11.9 Å². The Balaban J connectivity index is 1.70. The number of nitrogens with two attached hydrogens (primary N) is 1. The van der Waals surface area contributed by atoms with E-state index in [2.05, 4.69) is 5.32 Å². The second kappa shape index (κ2) is 7.10. The summed E-state index contributed by atoms with van der Waals surface area (Å²) < 4.78 is 5.58. The van der Waals surface area contributed by atoms with Crippen LogP contribution in [0.15, 0.2) is 18.2 Å². The third-order valence-corrected chi connectivity index (χ3v) is 5.52. The summed E-state index contributed by atoms with van der Waals surface area (Å²) in [4.78, 5) is 12.7. The zero-order valence-corrected chi connectivity index (χ0v) is 14.3.